The van der Waals surface area contributed by atoms with E-state index in [0.717, 1.165) is 16.7 Å². The first-order valence-corrected chi connectivity index (χ1v) is 9.05. The Morgan fingerprint density at radius 1 is 1.38 bits per heavy atom. The molecule has 21 heavy (non-hydrogen) atoms. The fraction of sp³-hybridized carbons (Fsp3) is 0.467. The van der Waals surface area contributed by atoms with Crippen molar-refractivity contribution in [2.45, 2.75) is 33.3 Å². The monoisotopic (exact) mass is 330 g/mol. The number of hydrogen-bond donors (Lipinski definition) is 1. The van der Waals surface area contributed by atoms with E-state index in [0.29, 0.717) is 11.5 Å². The number of benzene rings is 1. The minimum Gasteiger partial charge on any atom is -0.483 e. The van der Waals surface area contributed by atoms with Gasteiger partial charge in [0.15, 0.2) is 0 Å². The highest BCUT2D eigenvalue weighted by Crippen LogP contribution is 2.50. The minimum atomic E-state index is -3.75. The molecule has 0 amide bonds. The van der Waals surface area contributed by atoms with Crippen LogP contribution in [0, 0.1) is 0 Å². The van der Waals surface area contributed by atoms with Gasteiger partial charge in [0.25, 0.3) is 0 Å². The van der Waals surface area contributed by atoms with Crippen LogP contribution in [0.2, 0.25) is 0 Å². The van der Waals surface area contributed by atoms with Crippen LogP contribution in [0.5, 0.6) is 11.5 Å². The van der Waals surface area contributed by atoms with Crippen molar-refractivity contribution >= 4 is 24.8 Å². The quantitative estimate of drug-likeness (QED) is 0.654. The third-order valence-corrected chi connectivity index (χ3v) is 5.53. The zero-order valence-corrected chi connectivity index (χ0v) is 14.3. The molecule has 1 aliphatic rings. The second-order valence-electron chi connectivity index (χ2n) is 5.63. The van der Waals surface area contributed by atoms with E-state index in [1.165, 1.54) is 0 Å². The standard InChI is InChI=1S/C15H20ClO4P/c1-10-11(2)15(3,4)19-12-6-5-7-13(14(10)12)20-21(17,18)9-8-16/h5-7H,8-9H2,1-4H3,(H,17,18). The van der Waals surface area contributed by atoms with E-state index in [9.17, 15) is 9.46 Å². The summed E-state index contributed by atoms with van der Waals surface area (Å²) in [4.78, 5) is 9.82. The predicted molar refractivity (Wildman–Crippen MR) is 85.5 cm³/mol. The molecule has 0 aromatic heterocycles. The molecule has 0 bridgehead atoms. The van der Waals surface area contributed by atoms with Crippen molar-refractivity contribution in [3.63, 3.8) is 0 Å². The van der Waals surface area contributed by atoms with Gasteiger partial charge in [0.05, 0.1) is 11.7 Å². The first kappa shape index (κ1) is 16.4. The molecule has 2 rings (SSSR count). The average Bonchev–Trinajstić information content (AvgIpc) is 2.35. The van der Waals surface area contributed by atoms with Gasteiger partial charge in [-0.1, -0.05) is 6.07 Å². The zero-order valence-electron chi connectivity index (χ0n) is 12.6. The topological polar surface area (TPSA) is 55.8 Å². The Hall–Kier alpha value is -0.960. The minimum absolute atomic E-state index is 0.0696. The molecule has 1 aromatic carbocycles. The summed E-state index contributed by atoms with van der Waals surface area (Å²) in [5.74, 6) is 1.09. The van der Waals surface area contributed by atoms with Gasteiger partial charge in [-0.3, -0.25) is 0 Å². The van der Waals surface area contributed by atoms with Crippen molar-refractivity contribution in [3.8, 4) is 11.5 Å². The molecule has 0 saturated carbocycles. The van der Waals surface area contributed by atoms with Crippen LogP contribution < -0.4 is 9.26 Å². The Bertz CT molecular complexity index is 637. The maximum absolute atomic E-state index is 12.0. The molecule has 4 nitrogen and oxygen atoms in total. The van der Waals surface area contributed by atoms with Gasteiger partial charge in [-0.2, -0.15) is 0 Å². The molecular weight excluding hydrogens is 311 g/mol. The van der Waals surface area contributed by atoms with Crippen molar-refractivity contribution in [2.24, 2.45) is 0 Å². The van der Waals surface area contributed by atoms with Crippen LogP contribution in [0.3, 0.4) is 0 Å². The summed E-state index contributed by atoms with van der Waals surface area (Å²) in [6.07, 6.45) is -0.0910. The number of halogens is 1. The van der Waals surface area contributed by atoms with Crippen LogP contribution >= 0.6 is 19.2 Å². The van der Waals surface area contributed by atoms with E-state index in [2.05, 4.69) is 0 Å². The summed E-state index contributed by atoms with van der Waals surface area (Å²) in [5, 5.41) is 0. The van der Waals surface area contributed by atoms with Crippen LogP contribution in [-0.4, -0.2) is 22.5 Å². The van der Waals surface area contributed by atoms with Crippen LogP contribution in [-0.2, 0) is 4.57 Å². The van der Waals surface area contributed by atoms with Crippen molar-refractivity contribution < 1.29 is 18.7 Å². The summed E-state index contributed by atoms with van der Waals surface area (Å²) in [7, 11) is -3.75. The molecule has 1 aromatic rings. The second kappa shape index (κ2) is 5.68. The molecular formula is C15H20ClO4P. The summed E-state index contributed by atoms with van der Waals surface area (Å²) in [6, 6.07) is 5.26. The van der Waals surface area contributed by atoms with Gasteiger partial charge in [0.2, 0.25) is 0 Å². The summed E-state index contributed by atoms with van der Waals surface area (Å²) >= 11 is 5.54. The molecule has 1 aliphatic heterocycles. The van der Waals surface area contributed by atoms with Crippen molar-refractivity contribution in [1.82, 2.24) is 0 Å². The van der Waals surface area contributed by atoms with Crippen molar-refractivity contribution in [1.29, 1.82) is 0 Å². The Morgan fingerprint density at radius 3 is 2.67 bits per heavy atom. The number of rotatable bonds is 4. The summed E-state index contributed by atoms with van der Waals surface area (Å²) in [6.45, 7) is 7.95. The molecule has 1 heterocycles. The Balaban J connectivity index is 2.50. The van der Waals surface area contributed by atoms with E-state index < -0.39 is 13.2 Å². The molecule has 0 fully saturated rings. The van der Waals surface area contributed by atoms with Gasteiger partial charge < -0.3 is 14.2 Å². The van der Waals surface area contributed by atoms with Gasteiger partial charge in [-0.25, -0.2) is 4.57 Å². The highest BCUT2D eigenvalue weighted by molar-refractivity contribution is 7.53. The number of alkyl halides is 1. The normalized spacial score (nSPS) is 19.5. The molecule has 1 N–H and O–H groups in total. The van der Waals surface area contributed by atoms with Gasteiger partial charge in [0.1, 0.15) is 17.1 Å². The SMILES string of the molecule is CC1=C(C)C(C)(C)Oc2cccc(OP(=O)(O)CCCl)c21. The third-order valence-electron chi connectivity index (χ3n) is 3.80. The van der Waals surface area contributed by atoms with Gasteiger partial charge >= 0.3 is 7.60 Å². The van der Waals surface area contributed by atoms with Gasteiger partial charge in [-0.05, 0) is 51.0 Å². The third kappa shape index (κ3) is 3.28. The highest BCUT2D eigenvalue weighted by atomic mass is 35.5. The van der Waals surface area contributed by atoms with Crippen LogP contribution in [0.1, 0.15) is 33.3 Å². The summed E-state index contributed by atoms with van der Waals surface area (Å²) < 4.78 is 23.3. The van der Waals surface area contributed by atoms with E-state index in [4.69, 9.17) is 20.9 Å². The largest absolute Gasteiger partial charge is 0.483 e. The Morgan fingerprint density at radius 2 is 2.05 bits per heavy atom. The lowest BCUT2D eigenvalue weighted by molar-refractivity contribution is 0.144. The van der Waals surface area contributed by atoms with E-state index in [1.807, 2.05) is 33.8 Å². The predicted octanol–water partition coefficient (Wildman–Crippen LogP) is 4.45. The Kier molecular flexibility index (Phi) is 4.44. The highest BCUT2D eigenvalue weighted by Gasteiger charge is 2.33. The van der Waals surface area contributed by atoms with E-state index in [-0.39, 0.29) is 12.0 Å². The maximum atomic E-state index is 12.0. The fourth-order valence-corrected chi connectivity index (χ4v) is 3.74. The molecule has 0 radical (unpaired) electrons. The lowest BCUT2D eigenvalue weighted by atomic mass is 9.88. The molecule has 116 valence electrons. The van der Waals surface area contributed by atoms with Crippen LogP contribution in [0.4, 0.5) is 0 Å². The van der Waals surface area contributed by atoms with Crippen molar-refractivity contribution in [2.75, 3.05) is 12.0 Å². The number of allylic oxidation sites excluding steroid dienone is 1. The average molecular weight is 331 g/mol. The molecule has 1 unspecified atom stereocenters. The van der Waals surface area contributed by atoms with Gasteiger partial charge in [0, 0.05) is 5.88 Å². The lowest BCUT2D eigenvalue weighted by Gasteiger charge is -2.35. The van der Waals surface area contributed by atoms with E-state index >= 15 is 0 Å². The smallest absolute Gasteiger partial charge is 0.377 e. The molecule has 0 aliphatic carbocycles. The van der Waals surface area contributed by atoms with Crippen LogP contribution in [0.15, 0.2) is 23.8 Å². The first-order chi connectivity index (χ1) is 9.68. The molecule has 0 saturated heterocycles. The zero-order chi connectivity index (χ0) is 15.8. The van der Waals surface area contributed by atoms with Crippen LogP contribution in [0.25, 0.3) is 5.57 Å². The molecule has 6 heteroatoms. The maximum Gasteiger partial charge on any atom is 0.377 e. The second-order valence-corrected chi connectivity index (χ2v) is 7.92. The lowest BCUT2D eigenvalue weighted by Crippen LogP contribution is -2.33. The fourth-order valence-electron chi connectivity index (χ4n) is 2.34. The molecule has 0 spiro atoms. The van der Waals surface area contributed by atoms with Crippen molar-refractivity contribution in [3.05, 3.63) is 29.3 Å². The van der Waals surface area contributed by atoms with Gasteiger partial charge in [-0.15, -0.1) is 11.6 Å². The first-order valence-electron chi connectivity index (χ1n) is 6.76. The Labute approximate surface area is 130 Å². The number of hydrogen-bond acceptors (Lipinski definition) is 3. The number of fused-ring (bicyclic) bond motifs is 1. The summed E-state index contributed by atoms with van der Waals surface area (Å²) in [5.41, 5.74) is 2.39. The van der Waals surface area contributed by atoms with E-state index in [1.54, 1.807) is 12.1 Å². The molecule has 1 atom stereocenters. The number of ether oxygens (including phenoxy) is 1.